The summed E-state index contributed by atoms with van der Waals surface area (Å²) in [6, 6.07) is 6.46. The largest absolute Gasteiger partial charge is 0.481 e. The maximum absolute atomic E-state index is 12.4. The van der Waals surface area contributed by atoms with Gasteiger partial charge in [-0.15, -0.1) is 0 Å². The monoisotopic (exact) mass is 291 g/mol. The van der Waals surface area contributed by atoms with Gasteiger partial charge in [0.05, 0.1) is 18.6 Å². The van der Waals surface area contributed by atoms with Crippen molar-refractivity contribution in [3.8, 4) is 0 Å². The zero-order chi connectivity index (χ0) is 15.2. The highest BCUT2D eigenvalue weighted by atomic mass is 16.5. The number of rotatable bonds is 7. The Morgan fingerprint density at radius 3 is 2.67 bits per heavy atom. The molecule has 5 heteroatoms. The number of carbonyl (C=O) groups excluding carboxylic acids is 1. The van der Waals surface area contributed by atoms with Crippen molar-refractivity contribution in [3.63, 3.8) is 0 Å². The third-order valence-corrected chi connectivity index (χ3v) is 3.65. The van der Waals surface area contributed by atoms with E-state index in [1.165, 1.54) is 0 Å². The standard InChI is InChI=1S/C16H21NO4/c1-11-4-6-12(7-5-11)16(20)14(9-15(18)19)17-10-13-3-2-8-21-13/h4-7,13-14,17H,2-3,8-10H2,1H3,(H,18,19). The number of ether oxygens (including phenoxy) is 1. The maximum Gasteiger partial charge on any atom is 0.305 e. The number of hydrogen-bond acceptors (Lipinski definition) is 4. The fraction of sp³-hybridized carbons (Fsp3) is 0.500. The topological polar surface area (TPSA) is 75.6 Å². The Hall–Kier alpha value is -1.72. The van der Waals surface area contributed by atoms with Gasteiger partial charge in [0.25, 0.3) is 0 Å². The lowest BCUT2D eigenvalue weighted by Crippen LogP contribution is -2.42. The number of carboxylic acids is 1. The number of carbonyl (C=O) groups is 2. The predicted octanol–water partition coefficient (Wildman–Crippen LogP) is 1.79. The second-order valence-electron chi connectivity index (χ2n) is 5.42. The zero-order valence-corrected chi connectivity index (χ0v) is 12.2. The molecule has 2 unspecified atom stereocenters. The smallest absolute Gasteiger partial charge is 0.305 e. The Morgan fingerprint density at radius 2 is 2.10 bits per heavy atom. The Bertz CT molecular complexity index is 492. The van der Waals surface area contributed by atoms with Crippen molar-refractivity contribution in [3.05, 3.63) is 35.4 Å². The third kappa shape index (κ3) is 4.65. The van der Waals surface area contributed by atoms with Crippen LogP contribution in [0, 0.1) is 6.92 Å². The van der Waals surface area contributed by atoms with Gasteiger partial charge >= 0.3 is 5.97 Å². The molecule has 5 nitrogen and oxygen atoms in total. The van der Waals surface area contributed by atoms with Crippen LogP contribution in [-0.2, 0) is 9.53 Å². The highest BCUT2D eigenvalue weighted by Gasteiger charge is 2.24. The van der Waals surface area contributed by atoms with Crippen LogP contribution >= 0.6 is 0 Å². The Morgan fingerprint density at radius 1 is 1.38 bits per heavy atom. The normalized spacial score (nSPS) is 19.4. The molecule has 1 fully saturated rings. The third-order valence-electron chi connectivity index (χ3n) is 3.65. The minimum absolute atomic E-state index is 0.0760. The van der Waals surface area contributed by atoms with Gasteiger partial charge in [0, 0.05) is 18.7 Å². The Kier molecular flexibility index (Phi) is 5.47. The van der Waals surface area contributed by atoms with Crippen LogP contribution in [0.5, 0.6) is 0 Å². The molecule has 1 aliphatic rings. The van der Waals surface area contributed by atoms with E-state index in [2.05, 4.69) is 5.32 Å². The molecular formula is C16H21NO4. The molecule has 21 heavy (non-hydrogen) atoms. The van der Waals surface area contributed by atoms with Crippen LogP contribution in [0.4, 0.5) is 0 Å². The van der Waals surface area contributed by atoms with Crippen LogP contribution in [0.2, 0.25) is 0 Å². The first-order chi connectivity index (χ1) is 10.1. The van der Waals surface area contributed by atoms with E-state index in [0.29, 0.717) is 12.1 Å². The first-order valence-corrected chi connectivity index (χ1v) is 7.24. The molecule has 1 heterocycles. The predicted molar refractivity (Wildman–Crippen MR) is 78.5 cm³/mol. The van der Waals surface area contributed by atoms with E-state index in [0.717, 1.165) is 25.0 Å². The molecule has 2 N–H and O–H groups in total. The molecule has 0 aromatic heterocycles. The molecule has 1 saturated heterocycles. The maximum atomic E-state index is 12.4. The number of Topliss-reactive ketones (excluding diaryl/α,β-unsaturated/α-hetero) is 1. The van der Waals surface area contributed by atoms with E-state index < -0.39 is 12.0 Å². The Labute approximate surface area is 124 Å². The van der Waals surface area contributed by atoms with Gasteiger partial charge in [0.1, 0.15) is 0 Å². The lowest BCUT2D eigenvalue weighted by atomic mass is 10.0. The van der Waals surface area contributed by atoms with E-state index in [-0.39, 0.29) is 18.3 Å². The number of nitrogens with one attached hydrogen (secondary N) is 1. The average molecular weight is 291 g/mol. The Balaban J connectivity index is 2.01. The minimum atomic E-state index is -0.986. The summed E-state index contributed by atoms with van der Waals surface area (Å²) < 4.78 is 5.49. The van der Waals surface area contributed by atoms with Crippen molar-refractivity contribution in [1.82, 2.24) is 5.32 Å². The zero-order valence-electron chi connectivity index (χ0n) is 12.2. The van der Waals surface area contributed by atoms with E-state index in [1.54, 1.807) is 12.1 Å². The summed E-state index contributed by atoms with van der Waals surface area (Å²) in [6.45, 7) is 3.19. The molecule has 114 valence electrons. The van der Waals surface area contributed by atoms with Crippen molar-refractivity contribution >= 4 is 11.8 Å². The number of carboxylic acid groups (broad SMARTS) is 1. The number of benzene rings is 1. The van der Waals surface area contributed by atoms with E-state index in [4.69, 9.17) is 9.84 Å². The van der Waals surface area contributed by atoms with E-state index >= 15 is 0 Å². The fourth-order valence-corrected chi connectivity index (χ4v) is 2.43. The SMILES string of the molecule is Cc1ccc(C(=O)C(CC(=O)O)NCC2CCCO2)cc1. The van der Waals surface area contributed by atoms with Crippen LogP contribution < -0.4 is 5.32 Å². The van der Waals surface area contributed by atoms with Crippen molar-refractivity contribution < 1.29 is 19.4 Å². The highest BCUT2D eigenvalue weighted by Crippen LogP contribution is 2.13. The molecule has 1 aliphatic heterocycles. The lowest BCUT2D eigenvalue weighted by molar-refractivity contribution is -0.137. The minimum Gasteiger partial charge on any atom is -0.481 e. The van der Waals surface area contributed by atoms with Gasteiger partial charge in [-0.2, -0.15) is 0 Å². The molecule has 0 saturated carbocycles. The number of ketones is 1. The summed E-state index contributed by atoms with van der Waals surface area (Å²) in [6.07, 6.45) is 1.82. The van der Waals surface area contributed by atoms with Crippen LogP contribution in [0.3, 0.4) is 0 Å². The van der Waals surface area contributed by atoms with Gasteiger partial charge in [-0.3, -0.25) is 9.59 Å². The van der Waals surface area contributed by atoms with Crippen molar-refractivity contribution in [2.45, 2.75) is 38.3 Å². The molecule has 0 aliphatic carbocycles. The molecule has 2 atom stereocenters. The second-order valence-corrected chi connectivity index (χ2v) is 5.42. The molecular weight excluding hydrogens is 270 g/mol. The van der Waals surface area contributed by atoms with Crippen LogP contribution in [0.1, 0.15) is 35.2 Å². The van der Waals surface area contributed by atoms with Gasteiger partial charge in [-0.1, -0.05) is 29.8 Å². The van der Waals surface area contributed by atoms with Crippen LogP contribution in [0.15, 0.2) is 24.3 Å². The second kappa shape index (κ2) is 7.33. The van der Waals surface area contributed by atoms with Crippen LogP contribution in [0.25, 0.3) is 0 Å². The van der Waals surface area contributed by atoms with E-state index in [1.807, 2.05) is 19.1 Å². The summed E-state index contributed by atoms with van der Waals surface area (Å²) in [5.74, 6) is -1.17. The summed E-state index contributed by atoms with van der Waals surface area (Å²) >= 11 is 0. The molecule has 1 aromatic carbocycles. The van der Waals surface area contributed by atoms with Gasteiger partial charge < -0.3 is 15.2 Å². The van der Waals surface area contributed by atoms with Crippen molar-refractivity contribution in [1.29, 1.82) is 0 Å². The first-order valence-electron chi connectivity index (χ1n) is 7.24. The number of hydrogen-bond donors (Lipinski definition) is 2. The van der Waals surface area contributed by atoms with Crippen molar-refractivity contribution in [2.75, 3.05) is 13.2 Å². The van der Waals surface area contributed by atoms with Gasteiger partial charge in [0.15, 0.2) is 5.78 Å². The lowest BCUT2D eigenvalue weighted by Gasteiger charge is -2.18. The average Bonchev–Trinajstić information content (AvgIpc) is 2.96. The van der Waals surface area contributed by atoms with Crippen molar-refractivity contribution in [2.24, 2.45) is 0 Å². The summed E-state index contributed by atoms with van der Waals surface area (Å²) in [5, 5.41) is 12.0. The number of aryl methyl sites for hydroxylation is 1. The summed E-state index contributed by atoms with van der Waals surface area (Å²) in [4.78, 5) is 23.4. The quantitative estimate of drug-likeness (QED) is 0.749. The summed E-state index contributed by atoms with van der Waals surface area (Å²) in [5.41, 5.74) is 1.60. The molecule has 0 spiro atoms. The molecule has 1 aromatic rings. The van der Waals surface area contributed by atoms with E-state index in [9.17, 15) is 9.59 Å². The van der Waals surface area contributed by atoms with Gasteiger partial charge in [-0.25, -0.2) is 0 Å². The molecule has 0 bridgehead atoms. The van der Waals surface area contributed by atoms with Gasteiger partial charge in [-0.05, 0) is 19.8 Å². The molecule has 2 rings (SSSR count). The number of aliphatic carboxylic acids is 1. The fourth-order valence-electron chi connectivity index (χ4n) is 2.43. The first kappa shape index (κ1) is 15.7. The molecule has 0 amide bonds. The van der Waals surface area contributed by atoms with Gasteiger partial charge in [0.2, 0.25) is 0 Å². The van der Waals surface area contributed by atoms with Crippen LogP contribution in [-0.4, -0.2) is 42.2 Å². The summed E-state index contributed by atoms with van der Waals surface area (Å²) in [7, 11) is 0. The molecule has 0 radical (unpaired) electrons. The highest BCUT2D eigenvalue weighted by molar-refractivity contribution is 6.01.